The van der Waals surface area contributed by atoms with E-state index in [9.17, 15) is 0 Å². The molecule has 1 atom stereocenters. The first-order chi connectivity index (χ1) is 6.24. The van der Waals surface area contributed by atoms with Crippen LogP contribution in [0.15, 0.2) is 27.8 Å². The van der Waals surface area contributed by atoms with Crippen molar-refractivity contribution >= 4 is 21.6 Å². The highest BCUT2D eigenvalue weighted by atomic mass is 79.9. The third kappa shape index (κ3) is 1.27. The fourth-order valence-electron chi connectivity index (χ4n) is 1.91. The molecular weight excluding hydrogens is 228 g/mol. The second kappa shape index (κ2) is 3.14. The summed E-state index contributed by atoms with van der Waals surface area (Å²) in [6.45, 7) is 2.20. The van der Waals surface area contributed by atoms with E-state index in [1.165, 1.54) is 11.1 Å². The van der Waals surface area contributed by atoms with Gasteiger partial charge in [0.15, 0.2) is 0 Å². The Hall–Kier alpha value is -0.830. The highest BCUT2D eigenvalue weighted by Crippen LogP contribution is 2.37. The van der Waals surface area contributed by atoms with Gasteiger partial charge in [-0.3, -0.25) is 0 Å². The number of nitrogens with two attached hydrogens (primary N) is 1. The van der Waals surface area contributed by atoms with Gasteiger partial charge in [-0.2, -0.15) is 5.10 Å². The number of halogens is 1. The summed E-state index contributed by atoms with van der Waals surface area (Å²) in [6.07, 6.45) is 0.953. The average molecular weight is 239 g/mol. The van der Waals surface area contributed by atoms with E-state index in [2.05, 4.69) is 40.1 Å². The van der Waals surface area contributed by atoms with Gasteiger partial charge in [0.1, 0.15) is 0 Å². The molecule has 0 spiro atoms. The van der Waals surface area contributed by atoms with E-state index in [1.54, 1.807) is 0 Å². The van der Waals surface area contributed by atoms with Crippen molar-refractivity contribution in [1.82, 2.24) is 0 Å². The largest absolute Gasteiger partial charge is 0.323 e. The lowest BCUT2D eigenvalue weighted by molar-refractivity contribution is 0.829. The monoisotopic (exact) mass is 238 g/mol. The Morgan fingerprint density at radius 3 is 3.00 bits per heavy atom. The van der Waals surface area contributed by atoms with E-state index in [-0.39, 0.29) is 0 Å². The van der Waals surface area contributed by atoms with Crippen molar-refractivity contribution in [2.45, 2.75) is 19.3 Å². The molecule has 0 amide bonds. The number of benzene rings is 1. The summed E-state index contributed by atoms with van der Waals surface area (Å²) in [7, 11) is 0. The zero-order valence-corrected chi connectivity index (χ0v) is 9.01. The Morgan fingerprint density at radius 2 is 2.31 bits per heavy atom. The van der Waals surface area contributed by atoms with Crippen LogP contribution in [-0.4, -0.2) is 5.71 Å². The minimum absolute atomic E-state index is 0.521. The Bertz CT molecular complexity index is 371. The molecule has 0 aliphatic heterocycles. The third-order valence-corrected chi connectivity index (χ3v) is 3.20. The molecule has 0 saturated heterocycles. The molecule has 1 unspecified atom stereocenters. The van der Waals surface area contributed by atoms with Gasteiger partial charge in [0.2, 0.25) is 0 Å². The van der Waals surface area contributed by atoms with E-state index in [4.69, 9.17) is 5.84 Å². The van der Waals surface area contributed by atoms with Gasteiger partial charge in [-0.25, -0.2) is 0 Å². The van der Waals surface area contributed by atoms with Crippen LogP contribution in [0.2, 0.25) is 0 Å². The highest BCUT2D eigenvalue weighted by molar-refractivity contribution is 9.10. The molecule has 0 bridgehead atoms. The van der Waals surface area contributed by atoms with Crippen molar-refractivity contribution in [2.75, 3.05) is 0 Å². The maximum Gasteiger partial charge on any atom is 0.0682 e. The van der Waals surface area contributed by atoms with Crippen molar-refractivity contribution in [2.24, 2.45) is 10.9 Å². The van der Waals surface area contributed by atoms with Gasteiger partial charge in [0.05, 0.1) is 5.71 Å². The molecule has 2 nitrogen and oxygen atoms in total. The molecule has 0 heterocycles. The average Bonchev–Trinajstić information content (AvgIpc) is 2.44. The standard InChI is InChI=1S/C10H11BrN2/c1-6-5-9(13-12)7-3-2-4-8(11)10(6)7/h2-4,6H,5,12H2,1H3/b13-9-. The summed E-state index contributed by atoms with van der Waals surface area (Å²) in [5, 5.41) is 3.82. The molecule has 68 valence electrons. The van der Waals surface area contributed by atoms with Crippen LogP contribution in [-0.2, 0) is 0 Å². The van der Waals surface area contributed by atoms with Crippen molar-refractivity contribution in [3.63, 3.8) is 0 Å². The first kappa shape index (κ1) is 8.75. The maximum atomic E-state index is 5.33. The number of hydrogen-bond donors (Lipinski definition) is 1. The van der Waals surface area contributed by atoms with Gasteiger partial charge >= 0.3 is 0 Å². The lowest BCUT2D eigenvalue weighted by Crippen LogP contribution is -1.98. The normalized spacial score (nSPS) is 23.5. The van der Waals surface area contributed by atoms with Crippen LogP contribution in [0.3, 0.4) is 0 Å². The molecule has 0 aromatic heterocycles. The Kier molecular flexibility index (Phi) is 2.12. The summed E-state index contributed by atoms with van der Waals surface area (Å²) in [6, 6.07) is 6.16. The Morgan fingerprint density at radius 1 is 1.54 bits per heavy atom. The minimum atomic E-state index is 0.521. The molecule has 0 fully saturated rings. The first-order valence-electron chi connectivity index (χ1n) is 4.29. The van der Waals surface area contributed by atoms with E-state index in [1.807, 2.05) is 6.07 Å². The number of nitrogens with zero attached hydrogens (tertiary/aromatic N) is 1. The zero-order valence-electron chi connectivity index (χ0n) is 7.42. The smallest absolute Gasteiger partial charge is 0.0682 e. The summed E-state index contributed by atoms with van der Waals surface area (Å²) >= 11 is 3.55. The predicted molar refractivity (Wildman–Crippen MR) is 57.9 cm³/mol. The highest BCUT2D eigenvalue weighted by Gasteiger charge is 2.25. The second-order valence-corrected chi connectivity index (χ2v) is 4.24. The van der Waals surface area contributed by atoms with Gasteiger partial charge in [-0.15, -0.1) is 0 Å². The van der Waals surface area contributed by atoms with Crippen molar-refractivity contribution in [3.05, 3.63) is 33.8 Å². The van der Waals surface area contributed by atoms with Gasteiger partial charge in [0, 0.05) is 10.0 Å². The number of hydrogen-bond acceptors (Lipinski definition) is 2. The minimum Gasteiger partial charge on any atom is -0.323 e. The van der Waals surface area contributed by atoms with Crippen LogP contribution < -0.4 is 5.84 Å². The number of fused-ring (bicyclic) bond motifs is 1. The zero-order chi connectivity index (χ0) is 9.42. The summed E-state index contributed by atoms with van der Waals surface area (Å²) in [5.41, 5.74) is 3.56. The van der Waals surface area contributed by atoms with Crippen LogP contribution in [0, 0.1) is 0 Å². The molecule has 3 heteroatoms. The van der Waals surface area contributed by atoms with Gasteiger partial charge in [-0.1, -0.05) is 35.0 Å². The number of hydrazone groups is 1. The third-order valence-electron chi connectivity index (χ3n) is 2.51. The lowest BCUT2D eigenvalue weighted by atomic mass is 10.0. The second-order valence-electron chi connectivity index (χ2n) is 3.38. The molecule has 1 aromatic carbocycles. The van der Waals surface area contributed by atoms with Gasteiger partial charge in [-0.05, 0) is 24.0 Å². The van der Waals surface area contributed by atoms with E-state index in [0.717, 1.165) is 16.6 Å². The van der Waals surface area contributed by atoms with Crippen LogP contribution >= 0.6 is 15.9 Å². The molecule has 0 radical (unpaired) electrons. The summed E-state index contributed by atoms with van der Waals surface area (Å²) in [5.74, 6) is 5.85. The van der Waals surface area contributed by atoms with Crippen molar-refractivity contribution in [3.8, 4) is 0 Å². The first-order valence-corrected chi connectivity index (χ1v) is 5.09. The van der Waals surface area contributed by atoms with Crippen molar-refractivity contribution < 1.29 is 0 Å². The molecule has 13 heavy (non-hydrogen) atoms. The molecule has 1 aliphatic carbocycles. The van der Waals surface area contributed by atoms with Crippen LogP contribution in [0.5, 0.6) is 0 Å². The molecule has 1 aromatic rings. The Labute approximate surface area is 86.0 Å². The van der Waals surface area contributed by atoms with Crippen molar-refractivity contribution in [1.29, 1.82) is 0 Å². The molecule has 2 rings (SSSR count). The predicted octanol–water partition coefficient (Wildman–Crippen LogP) is 2.62. The topological polar surface area (TPSA) is 38.4 Å². The summed E-state index contributed by atoms with van der Waals surface area (Å²) < 4.78 is 1.16. The quantitative estimate of drug-likeness (QED) is 0.548. The lowest BCUT2D eigenvalue weighted by Gasteiger charge is -2.05. The Balaban J connectivity index is 2.64. The van der Waals surface area contributed by atoms with Crippen LogP contribution in [0.25, 0.3) is 0 Å². The van der Waals surface area contributed by atoms with E-state index < -0.39 is 0 Å². The van der Waals surface area contributed by atoms with E-state index >= 15 is 0 Å². The van der Waals surface area contributed by atoms with Crippen LogP contribution in [0.4, 0.5) is 0 Å². The summed E-state index contributed by atoms with van der Waals surface area (Å²) in [4.78, 5) is 0. The fraction of sp³-hybridized carbons (Fsp3) is 0.300. The number of rotatable bonds is 0. The SMILES string of the molecule is CC1C/C(=N/N)c2cccc(Br)c21. The van der Waals surface area contributed by atoms with Gasteiger partial charge in [0.25, 0.3) is 0 Å². The van der Waals surface area contributed by atoms with E-state index in [0.29, 0.717) is 5.92 Å². The molecule has 0 saturated carbocycles. The van der Waals surface area contributed by atoms with Crippen LogP contribution in [0.1, 0.15) is 30.4 Å². The fourth-order valence-corrected chi connectivity index (χ4v) is 2.67. The molecular formula is C10H11BrN2. The molecule has 2 N–H and O–H groups in total. The van der Waals surface area contributed by atoms with Gasteiger partial charge < -0.3 is 5.84 Å². The molecule has 1 aliphatic rings. The maximum absolute atomic E-state index is 5.33.